The Morgan fingerprint density at radius 1 is 0.765 bits per heavy atom. The topological polar surface area (TPSA) is 104 Å². The van der Waals surface area contributed by atoms with E-state index in [-0.39, 0.29) is 36.6 Å². The molecule has 1 saturated heterocycles. The zero-order valence-corrected chi connectivity index (χ0v) is 21.5. The van der Waals surface area contributed by atoms with Crippen LogP contribution in [-0.2, 0) is 19.2 Å². The summed E-state index contributed by atoms with van der Waals surface area (Å²) in [6.45, 7) is 2.39. The van der Waals surface area contributed by atoms with Gasteiger partial charge in [-0.15, -0.1) is 0 Å². The number of nitrogens with one attached hydrogen (secondary N) is 1. The Bertz CT molecular complexity index is 608. The summed E-state index contributed by atoms with van der Waals surface area (Å²) in [6, 6.07) is 0. The molecule has 0 spiro atoms. The molecule has 0 saturated carbocycles. The summed E-state index contributed by atoms with van der Waals surface area (Å²) in [5.41, 5.74) is 0. The lowest BCUT2D eigenvalue weighted by atomic mass is 10.0. The van der Waals surface area contributed by atoms with E-state index in [1.807, 2.05) is 0 Å². The van der Waals surface area contributed by atoms with Crippen molar-refractivity contribution in [1.82, 2.24) is 10.2 Å². The second kappa shape index (κ2) is 19.4. The standard InChI is InChI=1S/C27H48N2O5/c1-23-22-25(31)29(27(23)34)21-20-28-24(30)18-16-14-12-10-8-6-4-2-3-5-7-9-11-13-15-17-19-26(32)33/h23H,2-22H2,1H3,(H,28,30)(H,32,33). The Hall–Kier alpha value is -1.92. The minimum atomic E-state index is -0.680. The van der Waals surface area contributed by atoms with Gasteiger partial charge in [0.15, 0.2) is 0 Å². The average molecular weight is 481 g/mol. The van der Waals surface area contributed by atoms with Gasteiger partial charge in [0.1, 0.15) is 0 Å². The van der Waals surface area contributed by atoms with Crippen LogP contribution in [0.15, 0.2) is 0 Å². The maximum absolute atomic E-state index is 11.9. The number of rotatable bonds is 22. The predicted molar refractivity (Wildman–Crippen MR) is 134 cm³/mol. The first kappa shape index (κ1) is 30.1. The monoisotopic (exact) mass is 480 g/mol. The Labute approximate surface area is 206 Å². The number of nitrogens with zero attached hydrogens (tertiary/aromatic N) is 1. The van der Waals surface area contributed by atoms with Gasteiger partial charge in [-0.25, -0.2) is 0 Å². The van der Waals surface area contributed by atoms with Crippen molar-refractivity contribution in [3.05, 3.63) is 0 Å². The first-order valence-corrected chi connectivity index (χ1v) is 13.7. The minimum absolute atomic E-state index is 0.00493. The summed E-state index contributed by atoms with van der Waals surface area (Å²) < 4.78 is 0. The first-order valence-electron chi connectivity index (χ1n) is 13.7. The molecular formula is C27H48N2O5. The Kier molecular flexibility index (Phi) is 17.2. The number of amides is 3. The number of likely N-dealkylation sites (tertiary alicyclic amines) is 1. The van der Waals surface area contributed by atoms with Crippen LogP contribution in [0.2, 0.25) is 0 Å². The lowest BCUT2D eigenvalue weighted by Gasteiger charge is -2.14. The van der Waals surface area contributed by atoms with Crippen molar-refractivity contribution in [1.29, 1.82) is 0 Å². The average Bonchev–Trinajstić information content (AvgIpc) is 3.03. The molecule has 1 aliphatic heterocycles. The van der Waals surface area contributed by atoms with Crippen LogP contribution in [0, 0.1) is 5.92 Å². The van der Waals surface area contributed by atoms with E-state index in [0.29, 0.717) is 19.4 Å². The highest BCUT2D eigenvalue weighted by Crippen LogP contribution is 2.18. The first-order chi connectivity index (χ1) is 16.4. The third-order valence-corrected chi connectivity index (χ3v) is 6.67. The summed E-state index contributed by atoms with van der Waals surface area (Å²) in [5, 5.41) is 11.4. The molecule has 0 aromatic rings. The number of hydrogen-bond acceptors (Lipinski definition) is 4. The highest BCUT2D eigenvalue weighted by atomic mass is 16.4. The fraction of sp³-hybridized carbons (Fsp3) is 0.852. The molecule has 0 aromatic carbocycles. The highest BCUT2D eigenvalue weighted by Gasteiger charge is 2.34. The Balaban J connectivity index is 1.77. The van der Waals surface area contributed by atoms with Crippen LogP contribution < -0.4 is 5.32 Å². The molecule has 0 radical (unpaired) electrons. The highest BCUT2D eigenvalue weighted by molar-refractivity contribution is 6.03. The van der Waals surface area contributed by atoms with Crippen LogP contribution in [0.1, 0.15) is 129 Å². The molecule has 7 heteroatoms. The van der Waals surface area contributed by atoms with Crippen molar-refractivity contribution in [2.24, 2.45) is 5.92 Å². The summed E-state index contributed by atoms with van der Waals surface area (Å²) in [5.74, 6) is -1.17. The number of hydrogen-bond donors (Lipinski definition) is 2. The van der Waals surface area contributed by atoms with Crippen molar-refractivity contribution in [3.8, 4) is 0 Å². The van der Waals surface area contributed by atoms with E-state index >= 15 is 0 Å². The van der Waals surface area contributed by atoms with Gasteiger partial charge < -0.3 is 10.4 Å². The minimum Gasteiger partial charge on any atom is -0.481 e. The fourth-order valence-electron chi connectivity index (χ4n) is 4.52. The molecule has 1 heterocycles. The quantitative estimate of drug-likeness (QED) is 0.155. The van der Waals surface area contributed by atoms with Crippen molar-refractivity contribution in [3.63, 3.8) is 0 Å². The van der Waals surface area contributed by atoms with Crippen LogP contribution in [0.5, 0.6) is 0 Å². The van der Waals surface area contributed by atoms with Crippen molar-refractivity contribution in [2.45, 2.75) is 129 Å². The predicted octanol–water partition coefficient (Wildman–Crippen LogP) is 5.60. The number of unbranched alkanes of at least 4 members (excludes halogenated alkanes) is 15. The van der Waals surface area contributed by atoms with Crippen molar-refractivity contribution in [2.75, 3.05) is 13.1 Å². The van der Waals surface area contributed by atoms with Gasteiger partial charge in [-0.05, 0) is 12.8 Å². The summed E-state index contributed by atoms with van der Waals surface area (Å²) in [7, 11) is 0. The summed E-state index contributed by atoms with van der Waals surface area (Å²) in [6.07, 6.45) is 20.2. The number of carbonyl (C=O) groups excluding carboxylic acids is 3. The maximum atomic E-state index is 11.9. The number of carboxylic acids is 1. The summed E-state index contributed by atoms with van der Waals surface area (Å²) in [4.78, 5) is 47.2. The van der Waals surface area contributed by atoms with E-state index in [2.05, 4.69) is 5.32 Å². The molecule has 0 aliphatic carbocycles. The zero-order valence-electron chi connectivity index (χ0n) is 21.5. The summed E-state index contributed by atoms with van der Waals surface area (Å²) >= 11 is 0. The second-order valence-electron chi connectivity index (χ2n) is 9.89. The van der Waals surface area contributed by atoms with E-state index in [4.69, 9.17) is 5.11 Å². The Morgan fingerprint density at radius 3 is 1.56 bits per heavy atom. The molecule has 3 amide bonds. The number of carboxylic acid groups (broad SMARTS) is 1. The van der Waals surface area contributed by atoms with Crippen molar-refractivity contribution >= 4 is 23.7 Å². The van der Waals surface area contributed by atoms with E-state index in [1.165, 1.54) is 81.9 Å². The molecule has 1 rings (SSSR count). The van der Waals surface area contributed by atoms with Gasteiger partial charge in [0.25, 0.3) is 0 Å². The van der Waals surface area contributed by atoms with E-state index in [9.17, 15) is 19.2 Å². The molecule has 34 heavy (non-hydrogen) atoms. The number of imide groups is 1. The molecular weight excluding hydrogens is 432 g/mol. The van der Waals surface area contributed by atoms with Gasteiger partial charge in [0, 0.05) is 38.3 Å². The molecule has 1 fully saturated rings. The molecule has 196 valence electrons. The lowest BCUT2D eigenvalue weighted by Crippen LogP contribution is -2.38. The normalized spacial score (nSPS) is 15.8. The SMILES string of the molecule is CC1CC(=O)N(CCNC(=O)CCCCCCCCCCCCCCCCCCC(=O)O)C1=O. The molecule has 2 N–H and O–H groups in total. The smallest absolute Gasteiger partial charge is 0.303 e. The molecule has 0 bridgehead atoms. The van der Waals surface area contributed by atoms with Gasteiger partial charge in [-0.1, -0.05) is 96.8 Å². The number of carbonyl (C=O) groups is 4. The third kappa shape index (κ3) is 15.1. The van der Waals surface area contributed by atoms with Gasteiger partial charge in [-0.2, -0.15) is 0 Å². The maximum Gasteiger partial charge on any atom is 0.303 e. The van der Waals surface area contributed by atoms with E-state index < -0.39 is 5.97 Å². The van der Waals surface area contributed by atoms with Crippen LogP contribution in [-0.4, -0.2) is 46.8 Å². The Morgan fingerprint density at radius 2 is 1.18 bits per heavy atom. The number of aliphatic carboxylic acids is 1. The fourth-order valence-corrected chi connectivity index (χ4v) is 4.52. The van der Waals surface area contributed by atoms with Gasteiger partial charge in [0.2, 0.25) is 17.7 Å². The molecule has 1 atom stereocenters. The van der Waals surface area contributed by atoms with E-state index in [1.54, 1.807) is 6.92 Å². The third-order valence-electron chi connectivity index (χ3n) is 6.67. The molecule has 7 nitrogen and oxygen atoms in total. The van der Waals surface area contributed by atoms with E-state index in [0.717, 1.165) is 25.7 Å². The van der Waals surface area contributed by atoms with Crippen LogP contribution >= 0.6 is 0 Å². The molecule has 1 aliphatic rings. The van der Waals surface area contributed by atoms with Gasteiger partial charge >= 0.3 is 5.97 Å². The van der Waals surface area contributed by atoms with Crippen LogP contribution in [0.3, 0.4) is 0 Å². The molecule has 0 aromatic heterocycles. The van der Waals surface area contributed by atoms with Crippen molar-refractivity contribution < 1.29 is 24.3 Å². The van der Waals surface area contributed by atoms with Gasteiger partial charge in [0.05, 0.1) is 0 Å². The zero-order chi connectivity index (χ0) is 25.0. The van der Waals surface area contributed by atoms with Gasteiger partial charge in [-0.3, -0.25) is 24.1 Å². The van der Waals surface area contributed by atoms with Crippen LogP contribution in [0.25, 0.3) is 0 Å². The second-order valence-corrected chi connectivity index (χ2v) is 9.89. The largest absolute Gasteiger partial charge is 0.481 e. The molecule has 1 unspecified atom stereocenters. The lowest BCUT2D eigenvalue weighted by molar-refractivity contribution is -0.140. The van der Waals surface area contributed by atoms with Crippen LogP contribution in [0.4, 0.5) is 0 Å².